The van der Waals surface area contributed by atoms with Crippen LogP contribution in [0.4, 0.5) is 15.3 Å². The number of nitrogens with one attached hydrogen (secondary N) is 2. The van der Waals surface area contributed by atoms with E-state index >= 15 is 0 Å². The average molecular weight is 548 g/mol. The third-order valence-corrected chi connectivity index (χ3v) is 7.75. The van der Waals surface area contributed by atoms with E-state index in [2.05, 4.69) is 33.9 Å². The maximum absolute atomic E-state index is 13.4. The van der Waals surface area contributed by atoms with Crippen molar-refractivity contribution in [1.82, 2.24) is 20.1 Å². The number of nitrogens with two attached hydrogens (primary N) is 1. The van der Waals surface area contributed by atoms with Gasteiger partial charge in [0, 0.05) is 23.9 Å². The minimum absolute atomic E-state index is 0.0470. The number of nitrogens with zero attached hydrogens (tertiary/aromatic N) is 4. The normalized spacial score (nSPS) is 18.2. The number of anilines is 1. The number of carbonyl (C=O) groups is 2. The number of hydrogen-bond acceptors (Lipinski definition) is 7. The summed E-state index contributed by atoms with van der Waals surface area (Å²) in [5.74, 6) is 0.292. The second-order valence-corrected chi connectivity index (χ2v) is 12.8. The first-order valence-electron chi connectivity index (χ1n) is 12.8. The Kier molecular flexibility index (Phi) is 7.71. The molecule has 4 rings (SSSR count). The number of amides is 3. The standard InChI is InChI=1S/C25H37N7O5S/c1-14(2)20-15(3)21(17-8-7-9-18(17)29-20)30-23(33)31-38(26,35)19-11-28-32-12-16(13-36-22(19)32)10-27-24(34)37-25(4,5)6/h11,14,16H,7-10,12-13H2,1-6H3,(H,27,34)(H3,26,29,30,31,33,35). The third kappa shape index (κ3) is 6.09. The first-order chi connectivity index (χ1) is 17.7. The molecule has 2 aliphatic rings. The van der Waals surface area contributed by atoms with Gasteiger partial charge in [-0.05, 0) is 64.0 Å². The van der Waals surface area contributed by atoms with Gasteiger partial charge in [-0.1, -0.05) is 13.8 Å². The van der Waals surface area contributed by atoms with Crippen LogP contribution >= 0.6 is 0 Å². The Morgan fingerprint density at radius 2 is 2.08 bits per heavy atom. The Hall–Kier alpha value is -3.19. The molecule has 0 aromatic carbocycles. The Morgan fingerprint density at radius 1 is 1.34 bits per heavy atom. The van der Waals surface area contributed by atoms with Crippen LogP contribution in [-0.2, 0) is 34.0 Å². The van der Waals surface area contributed by atoms with E-state index in [1.165, 1.54) is 10.9 Å². The number of aromatic nitrogens is 3. The lowest BCUT2D eigenvalue weighted by atomic mass is 9.99. The van der Waals surface area contributed by atoms with Crippen molar-refractivity contribution in [2.45, 2.75) is 83.8 Å². The number of alkyl carbamates (subject to hydrolysis) is 1. The first kappa shape index (κ1) is 27.8. The van der Waals surface area contributed by atoms with Gasteiger partial charge in [0.2, 0.25) is 5.88 Å². The lowest BCUT2D eigenvalue weighted by molar-refractivity contribution is 0.0502. The molecule has 1 aliphatic heterocycles. The molecule has 13 heteroatoms. The highest BCUT2D eigenvalue weighted by molar-refractivity contribution is 7.91. The van der Waals surface area contributed by atoms with Crippen LogP contribution < -0.4 is 20.5 Å². The van der Waals surface area contributed by atoms with Crippen LogP contribution in [0.15, 0.2) is 15.5 Å². The number of pyridine rings is 1. The van der Waals surface area contributed by atoms with Crippen LogP contribution in [0.2, 0.25) is 0 Å². The van der Waals surface area contributed by atoms with Gasteiger partial charge < -0.3 is 20.1 Å². The van der Waals surface area contributed by atoms with Crippen LogP contribution in [-0.4, -0.2) is 49.9 Å². The summed E-state index contributed by atoms with van der Waals surface area (Å²) < 4.78 is 29.8. The predicted molar refractivity (Wildman–Crippen MR) is 143 cm³/mol. The van der Waals surface area contributed by atoms with Crippen molar-refractivity contribution in [3.8, 4) is 5.88 Å². The maximum atomic E-state index is 13.4. The zero-order valence-corrected chi connectivity index (χ0v) is 23.6. The van der Waals surface area contributed by atoms with Crippen LogP contribution in [0.5, 0.6) is 5.88 Å². The summed E-state index contributed by atoms with van der Waals surface area (Å²) in [4.78, 5) is 29.7. The van der Waals surface area contributed by atoms with E-state index in [4.69, 9.17) is 19.6 Å². The molecule has 3 heterocycles. The largest absolute Gasteiger partial charge is 0.476 e. The fraction of sp³-hybridized carbons (Fsp3) is 0.600. The Bertz CT molecular complexity index is 1370. The van der Waals surface area contributed by atoms with Crippen molar-refractivity contribution in [2.75, 3.05) is 18.5 Å². The molecule has 3 amide bonds. The van der Waals surface area contributed by atoms with Gasteiger partial charge in [-0.3, -0.25) is 4.98 Å². The molecule has 4 N–H and O–H groups in total. The summed E-state index contributed by atoms with van der Waals surface area (Å²) in [5.41, 5.74) is 3.86. The first-order valence-corrected chi connectivity index (χ1v) is 14.4. The van der Waals surface area contributed by atoms with Crippen molar-refractivity contribution >= 4 is 27.7 Å². The summed E-state index contributed by atoms with van der Waals surface area (Å²) in [6.07, 6.45) is 3.42. The van der Waals surface area contributed by atoms with Gasteiger partial charge in [0.25, 0.3) is 0 Å². The van der Waals surface area contributed by atoms with Gasteiger partial charge in [-0.2, -0.15) is 5.10 Å². The van der Waals surface area contributed by atoms with E-state index in [9.17, 15) is 13.8 Å². The molecule has 0 spiro atoms. The van der Waals surface area contributed by atoms with Gasteiger partial charge >= 0.3 is 12.1 Å². The van der Waals surface area contributed by atoms with Crippen molar-refractivity contribution in [3.63, 3.8) is 0 Å². The molecule has 38 heavy (non-hydrogen) atoms. The summed E-state index contributed by atoms with van der Waals surface area (Å²) in [6, 6.07) is -0.800. The van der Waals surface area contributed by atoms with Gasteiger partial charge in [0.15, 0.2) is 9.92 Å². The molecule has 0 saturated carbocycles. The van der Waals surface area contributed by atoms with Gasteiger partial charge in [0.1, 0.15) is 10.5 Å². The quantitative estimate of drug-likeness (QED) is 0.514. The number of carbonyl (C=O) groups excluding carboxylic acids is 2. The highest BCUT2D eigenvalue weighted by Gasteiger charge is 2.29. The highest BCUT2D eigenvalue weighted by Crippen LogP contribution is 2.35. The van der Waals surface area contributed by atoms with Crippen molar-refractivity contribution in [1.29, 1.82) is 0 Å². The summed E-state index contributed by atoms with van der Waals surface area (Å²) >= 11 is 0. The molecular weight excluding hydrogens is 510 g/mol. The molecule has 2 unspecified atom stereocenters. The molecule has 0 fully saturated rings. The minimum Gasteiger partial charge on any atom is -0.476 e. The van der Waals surface area contributed by atoms with Crippen molar-refractivity contribution in [2.24, 2.45) is 15.4 Å². The number of rotatable bonds is 5. The second kappa shape index (κ2) is 10.5. The van der Waals surface area contributed by atoms with E-state index in [0.717, 1.165) is 41.8 Å². The lowest BCUT2D eigenvalue weighted by Gasteiger charge is -2.26. The smallest absolute Gasteiger partial charge is 0.407 e. The average Bonchev–Trinajstić information content (AvgIpc) is 3.44. The summed E-state index contributed by atoms with van der Waals surface area (Å²) in [5, 5.41) is 15.8. The van der Waals surface area contributed by atoms with E-state index < -0.39 is 27.6 Å². The van der Waals surface area contributed by atoms with E-state index in [-0.39, 0.29) is 29.2 Å². The Morgan fingerprint density at radius 3 is 2.76 bits per heavy atom. The SMILES string of the molecule is Cc1c(C(C)C)nc2c(c1NC(=O)N=S(N)(=O)c1cnn3c1OCC(CNC(=O)OC(C)(C)C)C3)CCC2. The molecule has 208 valence electrons. The van der Waals surface area contributed by atoms with E-state index in [0.29, 0.717) is 18.8 Å². The van der Waals surface area contributed by atoms with Gasteiger partial charge in [-0.15, -0.1) is 4.36 Å². The number of hydrogen-bond donors (Lipinski definition) is 3. The predicted octanol–water partition coefficient (Wildman–Crippen LogP) is 3.66. The fourth-order valence-electron chi connectivity index (χ4n) is 4.73. The van der Waals surface area contributed by atoms with Crippen molar-refractivity contribution < 1.29 is 23.3 Å². The lowest BCUT2D eigenvalue weighted by Crippen LogP contribution is -2.39. The minimum atomic E-state index is -3.65. The molecule has 12 nitrogen and oxygen atoms in total. The topological polar surface area (TPSA) is 163 Å². The number of urea groups is 1. The highest BCUT2D eigenvalue weighted by atomic mass is 32.2. The van der Waals surface area contributed by atoms with Crippen LogP contribution in [0, 0.1) is 12.8 Å². The fourth-order valence-corrected chi connectivity index (χ4v) is 5.73. The third-order valence-electron chi connectivity index (χ3n) is 6.40. The summed E-state index contributed by atoms with van der Waals surface area (Å²) in [7, 11) is -3.65. The molecular formula is C25H37N7O5S. The Labute approximate surface area is 223 Å². The molecule has 0 saturated heterocycles. The zero-order valence-electron chi connectivity index (χ0n) is 22.8. The zero-order chi connectivity index (χ0) is 27.8. The molecule has 2 aromatic heterocycles. The number of ether oxygens (including phenoxy) is 2. The van der Waals surface area contributed by atoms with Crippen LogP contribution in [0.25, 0.3) is 0 Å². The van der Waals surface area contributed by atoms with Crippen molar-refractivity contribution in [3.05, 3.63) is 28.7 Å². The van der Waals surface area contributed by atoms with Gasteiger partial charge in [-0.25, -0.2) is 23.6 Å². The molecule has 0 bridgehead atoms. The molecule has 2 aromatic rings. The Balaban J connectivity index is 1.49. The number of fused-ring (bicyclic) bond motifs is 2. The maximum Gasteiger partial charge on any atom is 0.407 e. The molecule has 1 aliphatic carbocycles. The second-order valence-electron chi connectivity index (χ2n) is 11.1. The van der Waals surface area contributed by atoms with E-state index in [1.807, 2.05) is 6.92 Å². The molecule has 0 radical (unpaired) electrons. The molecule has 2 atom stereocenters. The summed E-state index contributed by atoms with van der Waals surface area (Å²) in [6.45, 7) is 12.3. The van der Waals surface area contributed by atoms with Crippen LogP contribution in [0.3, 0.4) is 0 Å². The monoisotopic (exact) mass is 547 g/mol. The van der Waals surface area contributed by atoms with Crippen LogP contribution in [0.1, 0.15) is 69.5 Å². The van der Waals surface area contributed by atoms with Gasteiger partial charge in [0.05, 0.1) is 25.0 Å². The van der Waals surface area contributed by atoms with E-state index in [1.54, 1.807) is 20.8 Å². The number of aryl methyl sites for hydroxylation is 1.